The van der Waals surface area contributed by atoms with Gasteiger partial charge in [-0.25, -0.2) is 4.79 Å². The maximum absolute atomic E-state index is 12.6. The van der Waals surface area contributed by atoms with Crippen molar-refractivity contribution < 1.29 is 4.74 Å². The van der Waals surface area contributed by atoms with Gasteiger partial charge in [-0.15, -0.1) is 11.8 Å². The van der Waals surface area contributed by atoms with Gasteiger partial charge in [0.2, 0.25) is 0 Å². The average molecular weight is 402 g/mol. The zero-order chi connectivity index (χ0) is 19.5. The van der Waals surface area contributed by atoms with Crippen molar-refractivity contribution in [1.82, 2.24) is 14.9 Å². The van der Waals surface area contributed by atoms with Crippen LogP contribution in [0.15, 0.2) is 34.1 Å². The summed E-state index contributed by atoms with van der Waals surface area (Å²) in [7, 11) is 0. The summed E-state index contributed by atoms with van der Waals surface area (Å²) in [5.74, 6) is 1.85. The number of ether oxygens (including phenoxy) is 1. The first-order chi connectivity index (χ1) is 13.7. The van der Waals surface area contributed by atoms with E-state index in [9.17, 15) is 4.79 Å². The predicted molar refractivity (Wildman–Crippen MR) is 113 cm³/mol. The third-order valence-corrected chi connectivity index (χ3v) is 6.21. The molecule has 0 bridgehead atoms. The van der Waals surface area contributed by atoms with Crippen molar-refractivity contribution in [3.63, 3.8) is 0 Å². The van der Waals surface area contributed by atoms with E-state index in [-0.39, 0.29) is 11.7 Å². The molecule has 28 heavy (non-hydrogen) atoms. The molecule has 8 heteroatoms. The Morgan fingerprint density at radius 1 is 1.32 bits per heavy atom. The summed E-state index contributed by atoms with van der Waals surface area (Å²) in [4.78, 5) is 18.0. The lowest BCUT2D eigenvalue weighted by molar-refractivity contribution is 0.282. The molecule has 1 aromatic carbocycles. The number of nitrogens with two attached hydrogens (primary N) is 1. The van der Waals surface area contributed by atoms with Crippen molar-refractivity contribution in [3.8, 4) is 11.5 Å². The monoisotopic (exact) mass is 401 g/mol. The van der Waals surface area contributed by atoms with Crippen LogP contribution in [0.1, 0.15) is 38.1 Å². The van der Waals surface area contributed by atoms with Crippen LogP contribution in [0.4, 0.5) is 11.5 Å². The molecule has 0 atom stereocenters. The SMILES string of the molecule is CSc1ccc2c(c1)Nc1nc(=O)n(C3CCC(NCCCN)CC3)cc1O2. The van der Waals surface area contributed by atoms with E-state index >= 15 is 0 Å². The molecule has 2 aromatic rings. The fraction of sp³-hybridized carbons (Fsp3) is 0.500. The summed E-state index contributed by atoms with van der Waals surface area (Å²) in [5.41, 5.74) is 6.17. The number of thioether (sulfide) groups is 1. The van der Waals surface area contributed by atoms with E-state index in [1.807, 2.05) is 30.7 Å². The summed E-state index contributed by atoms with van der Waals surface area (Å²) in [6.07, 6.45) is 8.87. The maximum atomic E-state index is 12.6. The molecule has 1 aliphatic carbocycles. The van der Waals surface area contributed by atoms with Gasteiger partial charge < -0.3 is 21.1 Å². The van der Waals surface area contributed by atoms with Gasteiger partial charge in [-0.1, -0.05) is 0 Å². The molecule has 1 saturated carbocycles. The van der Waals surface area contributed by atoms with Gasteiger partial charge in [0.1, 0.15) is 0 Å². The molecular weight excluding hydrogens is 374 g/mol. The lowest BCUT2D eigenvalue weighted by atomic mass is 9.91. The molecule has 1 fully saturated rings. The normalized spacial score (nSPS) is 20.6. The minimum atomic E-state index is -0.223. The lowest BCUT2D eigenvalue weighted by Crippen LogP contribution is -2.37. The number of aromatic nitrogens is 2. The Balaban J connectivity index is 1.47. The largest absolute Gasteiger partial charge is 0.450 e. The Morgan fingerprint density at radius 3 is 2.89 bits per heavy atom. The van der Waals surface area contributed by atoms with Crippen molar-refractivity contribution in [1.29, 1.82) is 0 Å². The quantitative estimate of drug-likeness (QED) is 0.431. The van der Waals surface area contributed by atoms with Crippen molar-refractivity contribution in [3.05, 3.63) is 34.9 Å². The zero-order valence-electron chi connectivity index (χ0n) is 16.1. The molecule has 7 nitrogen and oxygen atoms in total. The highest BCUT2D eigenvalue weighted by atomic mass is 32.2. The minimum Gasteiger partial charge on any atom is -0.450 e. The molecule has 0 saturated heterocycles. The Kier molecular flexibility index (Phi) is 5.89. The molecular formula is C20H27N5O2S. The first kappa shape index (κ1) is 19.3. The number of rotatable bonds is 6. The third kappa shape index (κ3) is 4.04. The van der Waals surface area contributed by atoms with Crippen LogP contribution < -0.4 is 26.8 Å². The predicted octanol–water partition coefficient (Wildman–Crippen LogP) is 3.24. The summed E-state index contributed by atoms with van der Waals surface area (Å²) < 4.78 is 7.78. The molecule has 1 aliphatic heterocycles. The van der Waals surface area contributed by atoms with E-state index in [2.05, 4.69) is 15.6 Å². The van der Waals surface area contributed by atoms with Crippen molar-refractivity contribution >= 4 is 23.3 Å². The second kappa shape index (κ2) is 8.55. The minimum absolute atomic E-state index is 0.168. The molecule has 1 aromatic heterocycles. The van der Waals surface area contributed by atoms with Crippen LogP contribution in [0, 0.1) is 0 Å². The van der Waals surface area contributed by atoms with Crippen LogP contribution in [-0.4, -0.2) is 34.9 Å². The number of nitrogens with zero attached hydrogens (tertiary/aromatic N) is 2. The number of fused-ring (bicyclic) bond motifs is 2. The average Bonchev–Trinajstić information content (AvgIpc) is 2.72. The smallest absolute Gasteiger partial charge is 0.350 e. The van der Waals surface area contributed by atoms with Gasteiger partial charge in [0.05, 0.1) is 11.9 Å². The summed E-state index contributed by atoms with van der Waals surface area (Å²) in [6, 6.07) is 6.67. The maximum Gasteiger partial charge on any atom is 0.350 e. The third-order valence-electron chi connectivity index (χ3n) is 5.48. The van der Waals surface area contributed by atoms with Crippen LogP contribution in [0.3, 0.4) is 0 Å². The van der Waals surface area contributed by atoms with Gasteiger partial charge >= 0.3 is 5.69 Å². The summed E-state index contributed by atoms with van der Waals surface area (Å²) >= 11 is 1.66. The van der Waals surface area contributed by atoms with Crippen molar-refractivity contribution in [2.75, 3.05) is 24.7 Å². The molecule has 0 radical (unpaired) electrons. The van der Waals surface area contributed by atoms with Crippen LogP contribution in [0.5, 0.6) is 11.5 Å². The number of anilines is 2. The van der Waals surface area contributed by atoms with E-state index < -0.39 is 0 Å². The van der Waals surface area contributed by atoms with Gasteiger partial charge in [-0.05, 0) is 69.6 Å². The first-order valence-electron chi connectivity index (χ1n) is 9.87. The van der Waals surface area contributed by atoms with Crippen molar-refractivity contribution in [2.45, 2.75) is 49.1 Å². The highest BCUT2D eigenvalue weighted by Crippen LogP contribution is 2.42. The fourth-order valence-electron chi connectivity index (χ4n) is 3.91. The van der Waals surface area contributed by atoms with E-state index in [1.165, 1.54) is 0 Å². The van der Waals surface area contributed by atoms with E-state index in [1.54, 1.807) is 16.3 Å². The molecule has 2 aliphatic rings. The van der Waals surface area contributed by atoms with E-state index in [4.69, 9.17) is 10.5 Å². The lowest BCUT2D eigenvalue weighted by Gasteiger charge is -2.31. The highest BCUT2D eigenvalue weighted by molar-refractivity contribution is 7.98. The van der Waals surface area contributed by atoms with E-state index in [0.717, 1.165) is 55.0 Å². The van der Waals surface area contributed by atoms with Crippen molar-refractivity contribution in [2.24, 2.45) is 5.73 Å². The Labute approximate surface area is 169 Å². The zero-order valence-corrected chi connectivity index (χ0v) is 16.9. The number of nitrogens with one attached hydrogen (secondary N) is 2. The standard InChI is InChI=1S/C20H27N5O2S/c1-28-15-7-8-17-16(11-15)23-19-18(27-17)12-25(20(26)24-19)14-5-3-13(4-6-14)22-10-2-9-21/h7-8,11-14,22H,2-6,9-10,21H2,1H3,(H,23,24,26). The molecule has 150 valence electrons. The second-order valence-electron chi connectivity index (χ2n) is 7.33. The Morgan fingerprint density at radius 2 is 2.14 bits per heavy atom. The Bertz CT molecular complexity index is 893. The van der Waals surface area contributed by atoms with Gasteiger partial charge in [-0.2, -0.15) is 4.98 Å². The van der Waals surface area contributed by atoms with Crippen LogP contribution in [-0.2, 0) is 0 Å². The van der Waals surface area contributed by atoms with Crippen LogP contribution in [0.25, 0.3) is 0 Å². The summed E-state index contributed by atoms with van der Waals surface area (Å²) in [5, 5.41) is 6.80. The first-order valence-corrected chi connectivity index (χ1v) is 11.1. The van der Waals surface area contributed by atoms with Crippen LogP contribution >= 0.6 is 11.8 Å². The molecule has 0 amide bonds. The fourth-order valence-corrected chi connectivity index (χ4v) is 4.35. The second-order valence-corrected chi connectivity index (χ2v) is 8.21. The van der Waals surface area contributed by atoms with Gasteiger partial charge in [-0.3, -0.25) is 4.57 Å². The Hall–Kier alpha value is -2.03. The number of hydrogen-bond donors (Lipinski definition) is 3. The highest BCUT2D eigenvalue weighted by Gasteiger charge is 2.26. The van der Waals surface area contributed by atoms with Crippen LogP contribution in [0.2, 0.25) is 0 Å². The van der Waals surface area contributed by atoms with E-state index in [0.29, 0.717) is 24.2 Å². The molecule has 4 N–H and O–H groups in total. The molecule has 4 rings (SSSR count). The molecule has 2 heterocycles. The molecule has 0 unspecified atom stereocenters. The number of benzene rings is 1. The molecule has 0 spiro atoms. The van der Waals surface area contributed by atoms with Gasteiger partial charge in [0.25, 0.3) is 0 Å². The van der Waals surface area contributed by atoms with Gasteiger partial charge in [0.15, 0.2) is 17.3 Å². The van der Waals surface area contributed by atoms with Gasteiger partial charge in [0, 0.05) is 17.0 Å². The summed E-state index contributed by atoms with van der Waals surface area (Å²) in [6.45, 7) is 1.68. The number of hydrogen-bond acceptors (Lipinski definition) is 7. The topological polar surface area (TPSA) is 94.2 Å².